The van der Waals surface area contributed by atoms with E-state index in [1.165, 1.54) is 23.9 Å². The lowest BCUT2D eigenvalue weighted by Crippen LogP contribution is -2.23. The molecule has 1 aromatic heterocycles. The summed E-state index contributed by atoms with van der Waals surface area (Å²) in [6.45, 7) is 5.65. The van der Waals surface area contributed by atoms with Crippen LogP contribution in [-0.2, 0) is 4.79 Å². The van der Waals surface area contributed by atoms with E-state index in [1.54, 1.807) is 11.6 Å². The molecule has 1 atom stereocenters. The van der Waals surface area contributed by atoms with Crippen molar-refractivity contribution in [3.63, 3.8) is 0 Å². The number of carbonyl (C=O) groups excluding carboxylic acids is 1. The number of carbonyl (C=O) groups is 1. The molecule has 1 N–H and O–H groups in total. The van der Waals surface area contributed by atoms with Gasteiger partial charge in [-0.1, -0.05) is 35.5 Å². The van der Waals surface area contributed by atoms with Gasteiger partial charge in [-0.3, -0.25) is 4.79 Å². The van der Waals surface area contributed by atoms with Crippen LogP contribution in [0, 0.1) is 19.7 Å². The summed E-state index contributed by atoms with van der Waals surface area (Å²) in [6.07, 6.45) is 0. The van der Waals surface area contributed by atoms with Crippen molar-refractivity contribution in [3.05, 3.63) is 58.4 Å². The summed E-state index contributed by atoms with van der Waals surface area (Å²) in [5.41, 5.74) is 3.01. The van der Waals surface area contributed by atoms with Gasteiger partial charge in [0.2, 0.25) is 11.1 Å². The standard InChI is InChI=1S/C18H17ClFN5OS/c1-10-4-5-11(2)16(8-10)25-18(22-23-24-25)27-12(3)17(26)21-15-7-6-13(19)9-14(15)20/h4-9,12H,1-3H3,(H,21,26)/t12-/m0/s1. The highest BCUT2D eigenvalue weighted by Crippen LogP contribution is 2.26. The van der Waals surface area contributed by atoms with Crippen molar-refractivity contribution < 1.29 is 9.18 Å². The first-order valence-corrected chi connectivity index (χ1v) is 9.39. The Hall–Kier alpha value is -2.45. The summed E-state index contributed by atoms with van der Waals surface area (Å²) in [5, 5.41) is 14.5. The third kappa shape index (κ3) is 4.45. The Morgan fingerprint density at radius 1 is 1.26 bits per heavy atom. The van der Waals surface area contributed by atoms with Crippen molar-refractivity contribution >= 4 is 35.0 Å². The second-order valence-electron chi connectivity index (χ2n) is 6.04. The number of hydrogen-bond acceptors (Lipinski definition) is 5. The fourth-order valence-electron chi connectivity index (χ4n) is 2.39. The molecule has 3 aromatic rings. The lowest BCUT2D eigenvalue weighted by Gasteiger charge is -2.13. The van der Waals surface area contributed by atoms with E-state index >= 15 is 0 Å². The predicted octanol–water partition coefficient (Wildman–Crippen LogP) is 4.19. The molecule has 0 radical (unpaired) electrons. The summed E-state index contributed by atoms with van der Waals surface area (Å²) in [5.74, 6) is -0.954. The first-order valence-electron chi connectivity index (χ1n) is 8.13. The summed E-state index contributed by atoms with van der Waals surface area (Å²) in [4.78, 5) is 12.4. The molecule has 140 valence electrons. The van der Waals surface area contributed by atoms with E-state index in [9.17, 15) is 9.18 Å². The average Bonchev–Trinajstić information content (AvgIpc) is 3.07. The largest absolute Gasteiger partial charge is 0.323 e. The third-order valence-electron chi connectivity index (χ3n) is 3.87. The Morgan fingerprint density at radius 2 is 2.04 bits per heavy atom. The van der Waals surface area contributed by atoms with E-state index < -0.39 is 11.1 Å². The van der Waals surface area contributed by atoms with Gasteiger partial charge in [-0.25, -0.2) is 4.39 Å². The molecule has 6 nitrogen and oxygen atoms in total. The second kappa shape index (κ2) is 8.06. The Kier molecular flexibility index (Phi) is 5.76. The number of amides is 1. The number of aryl methyl sites for hydroxylation is 2. The molecule has 0 fully saturated rings. The monoisotopic (exact) mass is 405 g/mol. The normalized spacial score (nSPS) is 12.0. The zero-order chi connectivity index (χ0) is 19.6. The fourth-order valence-corrected chi connectivity index (χ4v) is 3.35. The van der Waals surface area contributed by atoms with Crippen LogP contribution in [0.5, 0.6) is 0 Å². The molecule has 2 aromatic carbocycles. The van der Waals surface area contributed by atoms with Gasteiger partial charge in [-0.05, 0) is 66.6 Å². The molecule has 0 saturated carbocycles. The number of benzene rings is 2. The van der Waals surface area contributed by atoms with Crippen LogP contribution in [0.15, 0.2) is 41.6 Å². The highest BCUT2D eigenvalue weighted by atomic mass is 35.5. The van der Waals surface area contributed by atoms with Crippen molar-refractivity contribution in [3.8, 4) is 5.69 Å². The molecular formula is C18H17ClFN5OS. The number of thioether (sulfide) groups is 1. The van der Waals surface area contributed by atoms with Crippen LogP contribution in [0.4, 0.5) is 10.1 Å². The van der Waals surface area contributed by atoms with Crippen LogP contribution in [0.2, 0.25) is 5.02 Å². The van der Waals surface area contributed by atoms with Crippen LogP contribution in [-0.4, -0.2) is 31.4 Å². The first-order chi connectivity index (χ1) is 12.8. The second-order valence-corrected chi connectivity index (χ2v) is 7.78. The summed E-state index contributed by atoms with van der Waals surface area (Å²) in [6, 6.07) is 10.1. The van der Waals surface area contributed by atoms with Crippen LogP contribution >= 0.6 is 23.4 Å². The molecule has 3 rings (SSSR count). The molecular weight excluding hydrogens is 389 g/mol. The van der Waals surface area contributed by atoms with Gasteiger partial charge >= 0.3 is 0 Å². The minimum Gasteiger partial charge on any atom is -0.323 e. The molecule has 0 bridgehead atoms. The highest BCUT2D eigenvalue weighted by Gasteiger charge is 2.21. The van der Waals surface area contributed by atoms with Gasteiger partial charge in [0.05, 0.1) is 16.6 Å². The summed E-state index contributed by atoms with van der Waals surface area (Å²) in [7, 11) is 0. The van der Waals surface area contributed by atoms with Crippen molar-refractivity contribution in [2.24, 2.45) is 0 Å². The highest BCUT2D eigenvalue weighted by molar-refractivity contribution is 8.00. The number of tetrazole rings is 1. The summed E-state index contributed by atoms with van der Waals surface area (Å²) >= 11 is 6.92. The Morgan fingerprint density at radius 3 is 2.78 bits per heavy atom. The maximum Gasteiger partial charge on any atom is 0.237 e. The molecule has 0 unspecified atom stereocenters. The van der Waals surface area contributed by atoms with Gasteiger partial charge in [0, 0.05) is 5.02 Å². The molecule has 9 heteroatoms. The quantitative estimate of drug-likeness (QED) is 0.644. The Labute approximate surface area is 165 Å². The molecule has 0 saturated heterocycles. The number of halogens is 2. The average molecular weight is 406 g/mol. The van der Waals surface area contributed by atoms with E-state index in [-0.39, 0.29) is 16.6 Å². The molecule has 27 heavy (non-hydrogen) atoms. The fraction of sp³-hybridized carbons (Fsp3) is 0.222. The number of nitrogens with zero attached hydrogens (tertiary/aromatic N) is 4. The smallest absolute Gasteiger partial charge is 0.237 e. The van der Waals surface area contributed by atoms with E-state index in [2.05, 4.69) is 20.8 Å². The van der Waals surface area contributed by atoms with Gasteiger partial charge in [0.1, 0.15) is 5.82 Å². The Bertz CT molecular complexity index is 994. The van der Waals surface area contributed by atoms with Crippen LogP contribution in [0.25, 0.3) is 5.69 Å². The van der Waals surface area contributed by atoms with Crippen molar-refractivity contribution in [2.75, 3.05) is 5.32 Å². The van der Waals surface area contributed by atoms with E-state index in [0.29, 0.717) is 5.16 Å². The van der Waals surface area contributed by atoms with Crippen LogP contribution < -0.4 is 5.32 Å². The van der Waals surface area contributed by atoms with Gasteiger partial charge in [0.15, 0.2) is 0 Å². The minimum atomic E-state index is -0.590. The predicted molar refractivity (Wildman–Crippen MR) is 104 cm³/mol. The molecule has 0 aliphatic rings. The summed E-state index contributed by atoms with van der Waals surface area (Å²) < 4.78 is 15.5. The molecule has 0 aliphatic heterocycles. The molecule has 1 heterocycles. The van der Waals surface area contributed by atoms with E-state index in [1.807, 2.05) is 32.0 Å². The zero-order valence-electron chi connectivity index (χ0n) is 14.9. The van der Waals surface area contributed by atoms with Crippen LogP contribution in [0.1, 0.15) is 18.1 Å². The number of anilines is 1. The number of hydrogen-bond donors (Lipinski definition) is 1. The van der Waals surface area contributed by atoms with Crippen molar-refractivity contribution in [1.82, 2.24) is 20.2 Å². The zero-order valence-corrected chi connectivity index (χ0v) is 16.5. The lowest BCUT2D eigenvalue weighted by molar-refractivity contribution is -0.115. The maximum atomic E-state index is 13.9. The lowest BCUT2D eigenvalue weighted by atomic mass is 10.1. The van der Waals surface area contributed by atoms with Crippen LogP contribution in [0.3, 0.4) is 0 Å². The maximum absolute atomic E-state index is 13.9. The van der Waals surface area contributed by atoms with Crippen molar-refractivity contribution in [1.29, 1.82) is 0 Å². The van der Waals surface area contributed by atoms with E-state index in [0.717, 1.165) is 22.9 Å². The Balaban J connectivity index is 1.77. The van der Waals surface area contributed by atoms with Crippen molar-refractivity contribution in [2.45, 2.75) is 31.2 Å². The molecule has 0 spiro atoms. The number of rotatable bonds is 5. The van der Waals surface area contributed by atoms with E-state index in [4.69, 9.17) is 11.6 Å². The molecule has 0 aliphatic carbocycles. The SMILES string of the molecule is Cc1ccc(C)c(-n2nnnc2S[C@@H](C)C(=O)Nc2ccc(Cl)cc2F)c1. The molecule has 1 amide bonds. The minimum absolute atomic E-state index is 0.0750. The van der Waals surface area contributed by atoms with Gasteiger partial charge in [-0.2, -0.15) is 4.68 Å². The first kappa shape index (κ1) is 19.3. The van der Waals surface area contributed by atoms with Gasteiger partial charge in [0.25, 0.3) is 0 Å². The van der Waals surface area contributed by atoms with Gasteiger partial charge in [-0.15, -0.1) is 5.10 Å². The number of aromatic nitrogens is 4. The number of nitrogens with one attached hydrogen (secondary N) is 1. The van der Waals surface area contributed by atoms with Gasteiger partial charge < -0.3 is 5.32 Å². The third-order valence-corrected chi connectivity index (χ3v) is 5.14. The topological polar surface area (TPSA) is 72.7 Å².